The van der Waals surface area contributed by atoms with E-state index in [-0.39, 0.29) is 52.2 Å². The normalized spacial score (nSPS) is 18.4. The number of rotatable bonds is 10. The summed E-state index contributed by atoms with van der Waals surface area (Å²) < 4.78 is 22.6. The number of amides is 1. The van der Waals surface area contributed by atoms with Crippen molar-refractivity contribution in [1.29, 1.82) is 0 Å². The summed E-state index contributed by atoms with van der Waals surface area (Å²) in [5, 5.41) is 27.4. The zero-order valence-corrected chi connectivity index (χ0v) is 33.5. The van der Waals surface area contributed by atoms with E-state index in [2.05, 4.69) is 20.2 Å². The third-order valence-electron chi connectivity index (χ3n) is 10.9. The third kappa shape index (κ3) is 9.79. The van der Waals surface area contributed by atoms with Crippen LogP contribution in [0, 0.1) is 0 Å². The first-order valence-electron chi connectivity index (χ1n) is 19.8. The number of likely N-dealkylation sites (tertiary alicyclic amines) is 1. The summed E-state index contributed by atoms with van der Waals surface area (Å²) in [6.07, 6.45) is 6.94. The summed E-state index contributed by atoms with van der Waals surface area (Å²) >= 11 is 0. The molecule has 14 nitrogen and oxygen atoms in total. The highest BCUT2D eigenvalue weighted by atomic mass is 16.5. The number of ether oxygens (including phenoxy) is 4. The van der Waals surface area contributed by atoms with Gasteiger partial charge in [-0.1, -0.05) is 24.3 Å². The predicted octanol–water partition coefficient (Wildman–Crippen LogP) is 6.14. The monoisotopic (exact) mass is 796 g/mol. The van der Waals surface area contributed by atoms with Crippen molar-refractivity contribution >= 4 is 34.6 Å². The number of benzene rings is 3. The second-order valence-electron chi connectivity index (χ2n) is 14.9. The molecule has 4 N–H and O–H groups in total. The molecule has 2 atom stereocenters. The number of allylic oxidation sites excluding steroid dienone is 1. The van der Waals surface area contributed by atoms with E-state index in [9.17, 15) is 29.4 Å². The quantitative estimate of drug-likeness (QED) is 0.134. The van der Waals surface area contributed by atoms with Gasteiger partial charge in [-0.25, -0.2) is 9.78 Å². The molecule has 0 aliphatic carbocycles. The minimum atomic E-state index is -0.997. The highest BCUT2D eigenvalue weighted by Crippen LogP contribution is 2.48. The molecule has 1 amide bonds. The standard InChI is InChI=1S/C44H52N4O10/c1-26-11-10-14-30(49)13-7-5-6-12-27-21-34(50)40(41(52)39(27)44(54)58-26)32(28-22-35(55-2)42(57-4)36(23-28)56-3)24-38(51)45-29-17-19-48(20-18-29)25-37-46-33-16-9-8-15-31(33)43(53)47-37/h6,8-9,12,15-16,21-23,26,29,32,50,52H,5,7,10-11,13-14,17-20,24-25H2,1-4H3,(H,45,51)(H,46,47,53)/b12-6+/t26-,32?/m0/s1. The van der Waals surface area contributed by atoms with E-state index in [0.717, 1.165) is 0 Å². The number of carbonyl (C=O) groups excluding carboxylic acids is 3. The molecule has 58 heavy (non-hydrogen) atoms. The van der Waals surface area contributed by atoms with E-state index >= 15 is 0 Å². The molecular formula is C44H52N4O10. The molecular weight excluding hydrogens is 745 g/mol. The lowest BCUT2D eigenvalue weighted by molar-refractivity contribution is -0.122. The number of piperidine rings is 1. The van der Waals surface area contributed by atoms with Crippen molar-refractivity contribution < 1.29 is 43.5 Å². The Kier molecular flexibility index (Phi) is 13.7. The molecule has 308 valence electrons. The molecule has 6 rings (SSSR count). The number of aromatic hydroxyl groups is 2. The van der Waals surface area contributed by atoms with E-state index in [0.29, 0.717) is 111 Å². The number of nitrogens with zero attached hydrogens (tertiary/aromatic N) is 2. The maximum atomic E-state index is 14.0. The van der Waals surface area contributed by atoms with E-state index in [1.807, 2.05) is 12.1 Å². The maximum absolute atomic E-state index is 14.0. The number of nitrogens with one attached hydrogen (secondary N) is 2. The molecule has 1 unspecified atom stereocenters. The van der Waals surface area contributed by atoms with Crippen LogP contribution in [0.1, 0.15) is 104 Å². The molecule has 0 bridgehead atoms. The maximum Gasteiger partial charge on any atom is 0.342 e. The number of hydrogen-bond donors (Lipinski definition) is 4. The Labute approximate surface area is 337 Å². The summed E-state index contributed by atoms with van der Waals surface area (Å²) in [5.41, 5.74) is 0.954. The van der Waals surface area contributed by atoms with Gasteiger partial charge in [0.25, 0.3) is 5.56 Å². The third-order valence-corrected chi connectivity index (χ3v) is 10.9. The molecule has 1 fully saturated rings. The largest absolute Gasteiger partial charge is 0.507 e. The summed E-state index contributed by atoms with van der Waals surface area (Å²) in [7, 11) is 4.39. The van der Waals surface area contributed by atoms with Gasteiger partial charge in [0.15, 0.2) is 11.5 Å². The van der Waals surface area contributed by atoms with Crippen LogP contribution < -0.4 is 25.1 Å². The minimum absolute atomic E-state index is 0.0421. The number of Topliss-reactive ketones (excluding diaryl/α,β-unsaturated/α-hetero) is 1. The first-order valence-corrected chi connectivity index (χ1v) is 19.8. The van der Waals surface area contributed by atoms with Crippen molar-refractivity contribution in [1.82, 2.24) is 20.2 Å². The van der Waals surface area contributed by atoms with Gasteiger partial charge in [-0.05, 0) is 86.9 Å². The van der Waals surface area contributed by atoms with Crippen LogP contribution in [0.25, 0.3) is 17.0 Å². The fraction of sp³-hybridized carbons (Fsp3) is 0.432. The van der Waals surface area contributed by atoms with Crippen LogP contribution in [0.2, 0.25) is 0 Å². The van der Waals surface area contributed by atoms with Crippen molar-refractivity contribution in [2.45, 2.75) is 89.3 Å². The number of cyclic esters (lactones) is 1. The highest BCUT2D eigenvalue weighted by molar-refractivity contribution is 5.98. The Morgan fingerprint density at radius 3 is 2.40 bits per heavy atom. The molecule has 0 saturated carbocycles. The van der Waals surface area contributed by atoms with E-state index < -0.39 is 23.7 Å². The van der Waals surface area contributed by atoms with E-state index in [1.54, 1.807) is 43.3 Å². The lowest BCUT2D eigenvalue weighted by atomic mass is 9.84. The topological polar surface area (TPSA) is 190 Å². The number of aromatic amines is 1. The molecule has 3 heterocycles. The first kappa shape index (κ1) is 41.7. The van der Waals surface area contributed by atoms with E-state index in [1.165, 1.54) is 27.4 Å². The lowest BCUT2D eigenvalue weighted by Gasteiger charge is -2.32. The molecule has 4 aromatic rings. The number of ketones is 1. The summed E-state index contributed by atoms with van der Waals surface area (Å²) in [6, 6.07) is 11.7. The number of methoxy groups -OCH3 is 3. The molecule has 1 aromatic heterocycles. The zero-order chi connectivity index (χ0) is 41.3. The fourth-order valence-electron chi connectivity index (χ4n) is 7.84. The number of phenols is 2. The average molecular weight is 797 g/mol. The predicted molar refractivity (Wildman–Crippen MR) is 218 cm³/mol. The number of phenolic OH excluding ortho intramolecular Hbond substituents is 2. The summed E-state index contributed by atoms with van der Waals surface area (Å²) in [6.45, 7) is 3.48. The second-order valence-corrected chi connectivity index (χ2v) is 14.9. The second kappa shape index (κ2) is 19.0. The van der Waals surface area contributed by atoms with Crippen LogP contribution in [0.4, 0.5) is 0 Å². The molecule has 0 radical (unpaired) electrons. The summed E-state index contributed by atoms with van der Waals surface area (Å²) in [5.74, 6) is -1.35. The molecule has 3 aromatic carbocycles. The fourth-order valence-corrected chi connectivity index (χ4v) is 7.84. The Morgan fingerprint density at radius 2 is 1.69 bits per heavy atom. The minimum Gasteiger partial charge on any atom is -0.507 e. The molecule has 2 aliphatic rings. The van der Waals surface area contributed by atoms with Crippen molar-refractivity contribution in [3.05, 3.63) is 87.0 Å². The van der Waals surface area contributed by atoms with Gasteiger partial charge in [0.05, 0.1) is 44.9 Å². The van der Waals surface area contributed by atoms with E-state index in [4.69, 9.17) is 18.9 Å². The number of carbonyl (C=O) groups is 3. The Morgan fingerprint density at radius 1 is 0.983 bits per heavy atom. The average Bonchev–Trinajstić information content (AvgIpc) is 3.20. The van der Waals surface area contributed by atoms with Gasteiger partial charge in [-0.15, -0.1) is 0 Å². The van der Waals surface area contributed by atoms with Crippen LogP contribution in [0.15, 0.2) is 53.3 Å². The SMILES string of the molecule is COc1cc(C(CC(=O)NC2CCN(Cc3nc4ccccc4c(=O)[nH]3)CC2)c2c(O)cc3c(c2O)C(=O)O[C@@H](C)CCCC(=O)CCC/C=C/3)cc(OC)c1OC. The van der Waals surface area contributed by atoms with Gasteiger partial charge < -0.3 is 39.5 Å². The van der Waals surface area contributed by atoms with Crippen LogP contribution in [0.3, 0.4) is 0 Å². The highest BCUT2D eigenvalue weighted by Gasteiger charge is 2.33. The van der Waals surface area contributed by atoms with Crippen molar-refractivity contribution in [2.75, 3.05) is 34.4 Å². The molecule has 14 heteroatoms. The number of hydrogen-bond acceptors (Lipinski definition) is 12. The Balaban J connectivity index is 1.29. The van der Waals surface area contributed by atoms with Gasteiger partial charge in [-0.3, -0.25) is 19.3 Å². The number of para-hydroxylation sites is 1. The Hall–Kier alpha value is -5.89. The summed E-state index contributed by atoms with van der Waals surface area (Å²) in [4.78, 5) is 62.5. The van der Waals surface area contributed by atoms with Gasteiger partial charge in [-0.2, -0.15) is 0 Å². The van der Waals surface area contributed by atoms with Crippen LogP contribution >= 0.6 is 0 Å². The van der Waals surface area contributed by atoms with Gasteiger partial charge >= 0.3 is 5.97 Å². The Bertz CT molecular complexity index is 2200. The number of aromatic nitrogens is 2. The first-order chi connectivity index (χ1) is 28.0. The number of esters is 1. The zero-order valence-electron chi connectivity index (χ0n) is 33.5. The smallest absolute Gasteiger partial charge is 0.342 e. The van der Waals surface area contributed by atoms with Gasteiger partial charge in [0.1, 0.15) is 28.7 Å². The number of H-pyrrole nitrogens is 1. The van der Waals surface area contributed by atoms with Crippen molar-refractivity contribution in [2.24, 2.45) is 0 Å². The number of fused-ring (bicyclic) bond motifs is 2. The van der Waals surface area contributed by atoms with Gasteiger partial charge in [0.2, 0.25) is 11.7 Å². The van der Waals surface area contributed by atoms with Gasteiger partial charge in [0, 0.05) is 49.9 Å². The van der Waals surface area contributed by atoms with Crippen LogP contribution in [-0.4, -0.2) is 89.3 Å². The van der Waals surface area contributed by atoms with Crippen molar-refractivity contribution in [3.63, 3.8) is 0 Å². The van der Waals surface area contributed by atoms with Crippen LogP contribution in [-0.2, 0) is 20.9 Å². The van der Waals surface area contributed by atoms with Crippen molar-refractivity contribution in [3.8, 4) is 28.7 Å². The molecule has 0 spiro atoms. The molecule has 2 aliphatic heterocycles. The van der Waals surface area contributed by atoms with Crippen LogP contribution in [0.5, 0.6) is 28.7 Å². The lowest BCUT2D eigenvalue weighted by Crippen LogP contribution is -2.44. The molecule has 1 saturated heterocycles.